The van der Waals surface area contributed by atoms with Crippen molar-refractivity contribution in [3.63, 3.8) is 0 Å². The highest BCUT2D eigenvalue weighted by atomic mass is 32.1. The molecule has 3 atom stereocenters. The number of hydrogen-bond donors (Lipinski definition) is 2. The van der Waals surface area contributed by atoms with Crippen LogP contribution < -0.4 is 5.73 Å². The van der Waals surface area contributed by atoms with Crippen molar-refractivity contribution in [3.8, 4) is 0 Å². The molecule has 2 fully saturated rings. The quantitative estimate of drug-likeness (QED) is 0.901. The molecule has 3 rings (SSSR count). The van der Waals surface area contributed by atoms with Crippen LogP contribution in [0.4, 0.5) is 0 Å². The number of likely N-dealkylation sites (tertiary alicyclic amines) is 1. The van der Waals surface area contributed by atoms with Crippen LogP contribution in [0.2, 0.25) is 0 Å². The van der Waals surface area contributed by atoms with Crippen molar-refractivity contribution in [2.45, 2.75) is 50.7 Å². The highest BCUT2D eigenvalue weighted by molar-refractivity contribution is 7.12. The number of nitrogens with two attached hydrogens (primary N) is 1. The number of fused-ring (bicyclic) bond motifs is 1. The van der Waals surface area contributed by atoms with Gasteiger partial charge in [-0.05, 0) is 38.3 Å². The van der Waals surface area contributed by atoms with Crippen molar-refractivity contribution < 1.29 is 5.11 Å². The van der Waals surface area contributed by atoms with E-state index in [0.29, 0.717) is 18.5 Å². The molecular formula is C16H26N2OS. The van der Waals surface area contributed by atoms with Gasteiger partial charge >= 0.3 is 0 Å². The number of piperidine rings is 1. The molecule has 0 bridgehead atoms. The lowest BCUT2D eigenvalue weighted by Crippen LogP contribution is -2.54. The van der Waals surface area contributed by atoms with E-state index in [1.54, 1.807) is 0 Å². The summed E-state index contributed by atoms with van der Waals surface area (Å²) in [6.07, 6.45) is 5.55. The zero-order valence-electron chi connectivity index (χ0n) is 12.3. The van der Waals surface area contributed by atoms with Gasteiger partial charge in [-0.25, -0.2) is 0 Å². The number of aliphatic hydroxyl groups is 1. The van der Waals surface area contributed by atoms with E-state index in [1.165, 1.54) is 29.0 Å². The lowest BCUT2D eigenvalue weighted by atomic mass is 9.71. The zero-order valence-corrected chi connectivity index (χ0v) is 13.2. The van der Waals surface area contributed by atoms with E-state index in [2.05, 4.69) is 24.0 Å². The smallest absolute Gasteiger partial charge is 0.0700 e. The average Bonchev–Trinajstić information content (AvgIpc) is 2.86. The van der Waals surface area contributed by atoms with Crippen molar-refractivity contribution in [3.05, 3.63) is 21.9 Å². The van der Waals surface area contributed by atoms with Crippen LogP contribution in [0.25, 0.3) is 0 Å². The maximum absolute atomic E-state index is 10.8. The van der Waals surface area contributed by atoms with Crippen LogP contribution in [-0.2, 0) is 0 Å². The van der Waals surface area contributed by atoms with E-state index in [4.69, 9.17) is 5.73 Å². The van der Waals surface area contributed by atoms with Gasteiger partial charge in [-0.2, -0.15) is 0 Å². The Labute approximate surface area is 125 Å². The average molecular weight is 294 g/mol. The number of thiophene rings is 1. The van der Waals surface area contributed by atoms with E-state index in [0.717, 1.165) is 25.9 Å². The minimum absolute atomic E-state index is 0.333. The first-order chi connectivity index (χ1) is 9.62. The van der Waals surface area contributed by atoms with Crippen molar-refractivity contribution in [1.82, 2.24) is 4.90 Å². The summed E-state index contributed by atoms with van der Waals surface area (Å²) in [5, 5.41) is 10.8. The summed E-state index contributed by atoms with van der Waals surface area (Å²) in [6.45, 7) is 4.81. The number of rotatable bonds is 3. The normalized spacial score (nSPS) is 32.9. The Kier molecular flexibility index (Phi) is 4.18. The van der Waals surface area contributed by atoms with Crippen molar-refractivity contribution in [2.75, 3.05) is 19.6 Å². The van der Waals surface area contributed by atoms with Crippen molar-refractivity contribution in [1.29, 1.82) is 0 Å². The molecule has 1 aromatic rings. The fraction of sp³-hybridized carbons (Fsp3) is 0.750. The largest absolute Gasteiger partial charge is 0.390 e. The molecule has 3 unspecified atom stereocenters. The molecule has 20 heavy (non-hydrogen) atoms. The summed E-state index contributed by atoms with van der Waals surface area (Å²) < 4.78 is 0. The minimum Gasteiger partial charge on any atom is -0.390 e. The molecule has 3 nitrogen and oxygen atoms in total. The predicted octanol–water partition coefficient (Wildman–Crippen LogP) is 2.68. The lowest BCUT2D eigenvalue weighted by molar-refractivity contribution is -0.102. The Morgan fingerprint density at radius 1 is 1.45 bits per heavy atom. The first-order valence-electron chi connectivity index (χ1n) is 7.85. The lowest BCUT2D eigenvalue weighted by Gasteiger charge is -2.49. The van der Waals surface area contributed by atoms with Crippen molar-refractivity contribution in [2.24, 2.45) is 11.7 Å². The van der Waals surface area contributed by atoms with Gasteiger partial charge in [0.2, 0.25) is 0 Å². The Morgan fingerprint density at radius 3 is 3.00 bits per heavy atom. The molecule has 0 aromatic carbocycles. The molecule has 112 valence electrons. The van der Waals surface area contributed by atoms with E-state index >= 15 is 0 Å². The number of aryl methyl sites for hydroxylation is 1. The molecule has 0 radical (unpaired) electrons. The predicted molar refractivity (Wildman–Crippen MR) is 83.9 cm³/mol. The second kappa shape index (κ2) is 5.76. The standard InChI is InChI=1S/C16H26N2OS/c1-12-5-6-15(20-12)14(10-17)18-9-8-16(19)7-3-2-4-13(16)11-18/h5-6,13-14,19H,2-4,7-11,17H2,1H3. The van der Waals surface area contributed by atoms with Gasteiger partial charge in [-0.3, -0.25) is 4.90 Å². The van der Waals surface area contributed by atoms with Crippen LogP contribution in [-0.4, -0.2) is 35.2 Å². The fourth-order valence-electron chi connectivity index (χ4n) is 3.96. The third-order valence-corrected chi connectivity index (χ3v) is 6.31. The number of nitrogens with zero attached hydrogens (tertiary/aromatic N) is 1. The highest BCUT2D eigenvalue weighted by Crippen LogP contribution is 2.42. The van der Waals surface area contributed by atoms with E-state index in [1.807, 2.05) is 11.3 Å². The summed E-state index contributed by atoms with van der Waals surface area (Å²) in [7, 11) is 0. The van der Waals surface area contributed by atoms with E-state index in [9.17, 15) is 5.11 Å². The highest BCUT2D eigenvalue weighted by Gasteiger charge is 2.44. The minimum atomic E-state index is -0.390. The zero-order chi connectivity index (χ0) is 14.2. The first kappa shape index (κ1) is 14.5. The van der Waals surface area contributed by atoms with Gasteiger partial charge in [0.1, 0.15) is 0 Å². The SMILES string of the molecule is Cc1ccc(C(CN)N2CCC3(O)CCCCC3C2)s1. The topological polar surface area (TPSA) is 49.5 Å². The Bertz CT molecular complexity index is 461. The van der Waals surface area contributed by atoms with Crippen LogP contribution in [0.1, 0.15) is 47.9 Å². The summed E-state index contributed by atoms with van der Waals surface area (Å²) in [4.78, 5) is 5.24. The van der Waals surface area contributed by atoms with Crippen LogP contribution in [0.5, 0.6) is 0 Å². The number of hydrogen-bond acceptors (Lipinski definition) is 4. The van der Waals surface area contributed by atoms with Gasteiger partial charge < -0.3 is 10.8 Å². The molecular weight excluding hydrogens is 268 g/mol. The molecule has 1 saturated carbocycles. The Morgan fingerprint density at radius 2 is 2.30 bits per heavy atom. The molecule has 1 aromatic heterocycles. The van der Waals surface area contributed by atoms with Gasteiger partial charge in [-0.1, -0.05) is 12.8 Å². The molecule has 4 heteroatoms. The summed E-state index contributed by atoms with van der Waals surface area (Å²) in [5.74, 6) is 0.445. The maximum Gasteiger partial charge on any atom is 0.0700 e. The van der Waals surface area contributed by atoms with Crippen LogP contribution >= 0.6 is 11.3 Å². The van der Waals surface area contributed by atoms with Crippen LogP contribution in [0.15, 0.2) is 12.1 Å². The Balaban J connectivity index is 1.74. The van der Waals surface area contributed by atoms with Gasteiger partial charge in [0, 0.05) is 35.3 Å². The molecule has 0 amide bonds. The van der Waals surface area contributed by atoms with Crippen molar-refractivity contribution >= 4 is 11.3 Å². The monoisotopic (exact) mass is 294 g/mol. The first-order valence-corrected chi connectivity index (χ1v) is 8.67. The summed E-state index contributed by atoms with van der Waals surface area (Å²) in [5.41, 5.74) is 5.66. The van der Waals surface area contributed by atoms with Crippen LogP contribution in [0.3, 0.4) is 0 Å². The second-order valence-corrected chi connectivity index (χ2v) is 7.81. The molecule has 0 spiro atoms. The van der Waals surface area contributed by atoms with Gasteiger partial charge in [-0.15, -0.1) is 11.3 Å². The second-order valence-electron chi connectivity index (χ2n) is 6.49. The third kappa shape index (κ3) is 2.67. The molecule has 2 heterocycles. The summed E-state index contributed by atoms with van der Waals surface area (Å²) >= 11 is 1.86. The maximum atomic E-state index is 10.8. The van der Waals surface area contributed by atoms with E-state index in [-0.39, 0.29) is 5.60 Å². The third-order valence-electron chi connectivity index (χ3n) is 5.21. The molecule has 1 aliphatic heterocycles. The van der Waals surface area contributed by atoms with Gasteiger partial charge in [0.25, 0.3) is 0 Å². The summed E-state index contributed by atoms with van der Waals surface area (Å²) in [6, 6.07) is 4.74. The molecule has 1 saturated heterocycles. The molecule has 1 aliphatic carbocycles. The van der Waals surface area contributed by atoms with E-state index < -0.39 is 0 Å². The molecule has 2 aliphatic rings. The van der Waals surface area contributed by atoms with Gasteiger partial charge in [0.05, 0.1) is 11.6 Å². The van der Waals surface area contributed by atoms with Gasteiger partial charge in [0.15, 0.2) is 0 Å². The van der Waals surface area contributed by atoms with Crippen LogP contribution in [0, 0.1) is 12.8 Å². The fourth-order valence-corrected chi connectivity index (χ4v) is 4.98. The molecule has 3 N–H and O–H groups in total. The Hall–Kier alpha value is -0.420.